The monoisotopic (exact) mass is 428 g/mol. The summed E-state index contributed by atoms with van der Waals surface area (Å²) in [6.45, 7) is 1.93. The molecule has 0 aliphatic rings. The number of nitrogens with zero attached hydrogens (tertiary/aromatic N) is 2. The average molecular weight is 429 g/mol. The highest BCUT2D eigenvalue weighted by molar-refractivity contribution is 7.98. The largest absolute Gasteiger partial charge is 0.493 e. The highest BCUT2D eigenvalue weighted by Gasteiger charge is 2.14. The molecule has 0 aliphatic carbocycles. The van der Waals surface area contributed by atoms with Crippen LogP contribution in [0, 0.1) is 6.92 Å². The number of aromatic nitrogens is 2. The van der Waals surface area contributed by atoms with Crippen molar-refractivity contribution in [3.05, 3.63) is 48.2 Å². The van der Waals surface area contributed by atoms with Crippen molar-refractivity contribution in [2.75, 3.05) is 36.7 Å². The van der Waals surface area contributed by atoms with Crippen LogP contribution in [0.15, 0.2) is 42.6 Å². The van der Waals surface area contributed by atoms with E-state index in [1.54, 1.807) is 39.7 Å². The van der Waals surface area contributed by atoms with Crippen LogP contribution in [0.1, 0.15) is 5.56 Å². The SMILES string of the molecule is COc1cc(Nc2ncc(C)c(Nc3ccccc3NSN)n2)cc(OC)c1OC. The van der Waals surface area contributed by atoms with Gasteiger partial charge < -0.3 is 29.6 Å². The van der Waals surface area contributed by atoms with Gasteiger partial charge in [0.25, 0.3) is 0 Å². The van der Waals surface area contributed by atoms with E-state index >= 15 is 0 Å². The third kappa shape index (κ3) is 4.78. The zero-order chi connectivity index (χ0) is 21.5. The van der Waals surface area contributed by atoms with E-state index in [1.165, 1.54) is 0 Å². The molecule has 0 spiro atoms. The molecule has 0 fully saturated rings. The molecule has 0 bridgehead atoms. The summed E-state index contributed by atoms with van der Waals surface area (Å²) in [5.74, 6) is 2.65. The summed E-state index contributed by atoms with van der Waals surface area (Å²) in [7, 11) is 4.69. The number of ether oxygens (including phenoxy) is 3. The summed E-state index contributed by atoms with van der Waals surface area (Å²) in [6, 6.07) is 11.3. The molecule has 0 aliphatic heterocycles. The lowest BCUT2D eigenvalue weighted by Gasteiger charge is -2.16. The molecule has 0 saturated carbocycles. The molecule has 10 heteroatoms. The number of aryl methyl sites for hydroxylation is 1. The van der Waals surface area contributed by atoms with Crippen LogP contribution in [0.5, 0.6) is 17.2 Å². The van der Waals surface area contributed by atoms with E-state index in [-0.39, 0.29) is 0 Å². The number of benzene rings is 2. The minimum atomic E-state index is 0.413. The van der Waals surface area contributed by atoms with E-state index in [2.05, 4.69) is 25.3 Å². The molecular weight excluding hydrogens is 404 g/mol. The molecule has 0 unspecified atom stereocenters. The Morgan fingerprint density at radius 2 is 1.60 bits per heavy atom. The normalized spacial score (nSPS) is 10.3. The van der Waals surface area contributed by atoms with Crippen LogP contribution >= 0.6 is 12.1 Å². The minimum absolute atomic E-state index is 0.413. The van der Waals surface area contributed by atoms with Gasteiger partial charge in [0.2, 0.25) is 11.7 Å². The highest BCUT2D eigenvalue weighted by Crippen LogP contribution is 2.40. The van der Waals surface area contributed by atoms with Gasteiger partial charge in [-0.05, 0) is 19.1 Å². The number of para-hydroxylation sites is 2. The summed E-state index contributed by atoms with van der Waals surface area (Å²) in [4.78, 5) is 8.98. The maximum absolute atomic E-state index is 5.54. The van der Waals surface area contributed by atoms with Gasteiger partial charge in [0, 0.05) is 41.7 Å². The zero-order valence-corrected chi connectivity index (χ0v) is 18.0. The lowest BCUT2D eigenvalue weighted by atomic mass is 10.2. The second-order valence-corrected chi connectivity index (χ2v) is 6.59. The standard InChI is InChI=1S/C20H24N6O3S/c1-12-11-22-20(23-13-9-16(27-2)18(29-4)17(10-13)28-3)25-19(12)24-14-7-5-6-8-15(14)26-30-21/h5-11,26H,21H2,1-4H3,(H2,22,23,24,25). The van der Waals surface area contributed by atoms with Gasteiger partial charge in [-0.25, -0.2) is 4.98 Å². The van der Waals surface area contributed by atoms with Crippen LogP contribution in [0.3, 0.4) is 0 Å². The Morgan fingerprint density at radius 3 is 2.20 bits per heavy atom. The quantitative estimate of drug-likeness (QED) is 0.369. The molecule has 0 atom stereocenters. The first-order chi connectivity index (χ1) is 14.6. The first-order valence-corrected chi connectivity index (χ1v) is 9.86. The van der Waals surface area contributed by atoms with Gasteiger partial charge in [-0.1, -0.05) is 12.1 Å². The van der Waals surface area contributed by atoms with Crippen LogP contribution in [0.25, 0.3) is 0 Å². The Bertz CT molecular complexity index is 993. The van der Waals surface area contributed by atoms with Crippen molar-refractivity contribution in [1.82, 2.24) is 9.97 Å². The average Bonchev–Trinajstić information content (AvgIpc) is 2.76. The van der Waals surface area contributed by atoms with Crippen molar-refractivity contribution in [1.29, 1.82) is 0 Å². The van der Waals surface area contributed by atoms with Crippen LogP contribution in [0.4, 0.5) is 28.8 Å². The Labute approximate surface area is 179 Å². The van der Waals surface area contributed by atoms with Gasteiger partial charge in [-0.15, -0.1) is 0 Å². The van der Waals surface area contributed by atoms with E-state index in [4.69, 9.17) is 19.3 Å². The van der Waals surface area contributed by atoms with E-state index in [9.17, 15) is 0 Å². The molecular formula is C20H24N6O3S. The van der Waals surface area contributed by atoms with E-state index in [0.29, 0.717) is 34.7 Å². The Morgan fingerprint density at radius 1 is 0.933 bits per heavy atom. The summed E-state index contributed by atoms with van der Waals surface area (Å²) in [5.41, 5.74) is 3.28. The predicted octanol–water partition coefficient (Wildman–Crippen LogP) is 4.23. The number of anilines is 5. The van der Waals surface area contributed by atoms with Crippen molar-refractivity contribution in [3.63, 3.8) is 0 Å². The fourth-order valence-corrected chi connectivity index (χ4v) is 3.09. The Balaban J connectivity index is 1.89. The van der Waals surface area contributed by atoms with E-state index in [0.717, 1.165) is 29.1 Å². The first-order valence-electron chi connectivity index (χ1n) is 8.98. The molecule has 9 nitrogen and oxygen atoms in total. The van der Waals surface area contributed by atoms with Gasteiger partial charge in [0.1, 0.15) is 5.82 Å². The smallest absolute Gasteiger partial charge is 0.229 e. The fraction of sp³-hybridized carbons (Fsp3) is 0.200. The molecule has 0 radical (unpaired) electrons. The van der Waals surface area contributed by atoms with Gasteiger partial charge in [0.15, 0.2) is 11.5 Å². The number of rotatable bonds is 9. The molecule has 30 heavy (non-hydrogen) atoms. The lowest BCUT2D eigenvalue weighted by Crippen LogP contribution is -2.05. The van der Waals surface area contributed by atoms with Crippen LogP contribution in [-0.4, -0.2) is 31.3 Å². The first kappa shape index (κ1) is 21.3. The van der Waals surface area contributed by atoms with Crippen molar-refractivity contribution in [2.45, 2.75) is 6.92 Å². The molecule has 3 aromatic rings. The molecule has 5 N–H and O–H groups in total. The third-order valence-electron chi connectivity index (χ3n) is 4.24. The molecule has 1 aromatic heterocycles. The van der Waals surface area contributed by atoms with Crippen molar-refractivity contribution < 1.29 is 14.2 Å². The second-order valence-electron chi connectivity index (χ2n) is 6.15. The summed E-state index contributed by atoms with van der Waals surface area (Å²) >= 11 is 1.03. The minimum Gasteiger partial charge on any atom is -0.493 e. The van der Waals surface area contributed by atoms with Crippen LogP contribution in [0.2, 0.25) is 0 Å². The van der Waals surface area contributed by atoms with Gasteiger partial charge in [-0.2, -0.15) is 4.98 Å². The predicted molar refractivity (Wildman–Crippen MR) is 121 cm³/mol. The van der Waals surface area contributed by atoms with Crippen molar-refractivity contribution in [2.24, 2.45) is 5.14 Å². The van der Waals surface area contributed by atoms with E-state index < -0.39 is 0 Å². The van der Waals surface area contributed by atoms with Gasteiger partial charge >= 0.3 is 0 Å². The summed E-state index contributed by atoms with van der Waals surface area (Å²) in [6.07, 6.45) is 1.74. The van der Waals surface area contributed by atoms with Gasteiger partial charge in [-0.3, -0.25) is 5.14 Å². The molecule has 3 rings (SSSR count). The molecule has 2 aromatic carbocycles. The Kier molecular flexibility index (Phi) is 7.04. The molecule has 1 heterocycles. The maximum Gasteiger partial charge on any atom is 0.229 e. The molecule has 0 saturated heterocycles. The number of methoxy groups -OCH3 is 3. The zero-order valence-electron chi connectivity index (χ0n) is 17.1. The highest BCUT2D eigenvalue weighted by atomic mass is 32.2. The number of nitrogens with one attached hydrogen (secondary N) is 3. The number of nitrogens with two attached hydrogens (primary N) is 1. The van der Waals surface area contributed by atoms with Gasteiger partial charge in [0.05, 0.1) is 32.7 Å². The summed E-state index contributed by atoms with van der Waals surface area (Å²) < 4.78 is 19.2. The number of hydrogen-bond acceptors (Lipinski definition) is 10. The van der Waals surface area contributed by atoms with Crippen molar-refractivity contribution >= 4 is 41.0 Å². The summed E-state index contributed by atoms with van der Waals surface area (Å²) in [5, 5.41) is 12.0. The van der Waals surface area contributed by atoms with Crippen molar-refractivity contribution in [3.8, 4) is 17.2 Å². The second kappa shape index (κ2) is 9.90. The maximum atomic E-state index is 5.54. The lowest BCUT2D eigenvalue weighted by molar-refractivity contribution is 0.324. The van der Waals surface area contributed by atoms with E-state index in [1.807, 2.05) is 31.2 Å². The van der Waals surface area contributed by atoms with Crippen LogP contribution < -0.4 is 34.7 Å². The molecule has 158 valence electrons. The third-order valence-corrected chi connectivity index (χ3v) is 4.58. The Hall–Kier alpha value is -3.37. The fourth-order valence-electron chi connectivity index (χ4n) is 2.78. The molecule has 0 amide bonds. The van der Waals surface area contributed by atoms with Crippen LogP contribution in [-0.2, 0) is 0 Å². The topological polar surface area (TPSA) is 116 Å². The number of hydrogen-bond donors (Lipinski definition) is 4.